The molecule has 0 amide bonds. The van der Waals surface area contributed by atoms with Gasteiger partial charge < -0.3 is 5.73 Å². The zero-order valence-electron chi connectivity index (χ0n) is 10.1. The molecule has 0 radical (unpaired) electrons. The molecule has 1 rings (SSSR count). The molecule has 0 aliphatic heterocycles. The number of nitrogens with two attached hydrogens (primary N) is 1. The SMILES string of the molecule is Cc1cc(S(=O)(=O)N(CC#N)CC#N)cc(N)c1Cl. The molecule has 0 unspecified atom stereocenters. The first kappa shape index (κ1) is 15.3. The van der Waals surface area contributed by atoms with Gasteiger partial charge in [-0.05, 0) is 24.6 Å². The number of nitrogen functional groups attached to an aromatic ring is 1. The van der Waals surface area contributed by atoms with Crippen molar-refractivity contribution >= 4 is 27.3 Å². The van der Waals surface area contributed by atoms with E-state index < -0.39 is 23.1 Å². The van der Waals surface area contributed by atoms with Gasteiger partial charge in [0.15, 0.2) is 0 Å². The van der Waals surface area contributed by atoms with Crippen molar-refractivity contribution in [2.24, 2.45) is 0 Å². The van der Waals surface area contributed by atoms with Crippen LogP contribution in [0, 0.1) is 29.6 Å². The lowest BCUT2D eigenvalue weighted by Crippen LogP contribution is -2.32. The Balaban J connectivity index is 3.35. The number of aryl methyl sites for hydroxylation is 1. The number of benzene rings is 1. The van der Waals surface area contributed by atoms with Crippen LogP contribution in [-0.4, -0.2) is 25.8 Å². The Morgan fingerprint density at radius 2 is 1.84 bits per heavy atom. The second kappa shape index (κ2) is 5.89. The minimum Gasteiger partial charge on any atom is -0.397 e. The summed E-state index contributed by atoms with van der Waals surface area (Å²) in [6.07, 6.45) is 0. The summed E-state index contributed by atoms with van der Waals surface area (Å²) >= 11 is 5.86. The van der Waals surface area contributed by atoms with Gasteiger partial charge in [-0.2, -0.15) is 14.8 Å². The van der Waals surface area contributed by atoms with Crippen LogP contribution in [0.5, 0.6) is 0 Å². The van der Waals surface area contributed by atoms with Gasteiger partial charge >= 0.3 is 0 Å². The second-order valence-electron chi connectivity index (χ2n) is 3.73. The topological polar surface area (TPSA) is 111 Å². The Morgan fingerprint density at radius 1 is 1.32 bits per heavy atom. The Hall–Kier alpha value is -1.80. The molecule has 0 bridgehead atoms. The fourth-order valence-corrected chi connectivity index (χ4v) is 2.91. The third-order valence-corrected chi connectivity index (χ3v) is 4.67. The van der Waals surface area contributed by atoms with Crippen LogP contribution in [0.15, 0.2) is 17.0 Å². The summed E-state index contributed by atoms with van der Waals surface area (Å²) in [5.74, 6) is 0. The molecule has 0 aliphatic carbocycles. The minimum atomic E-state index is -3.94. The van der Waals surface area contributed by atoms with Gasteiger partial charge in [0.05, 0.1) is 27.7 Å². The second-order valence-corrected chi connectivity index (χ2v) is 6.05. The first-order valence-electron chi connectivity index (χ1n) is 5.14. The fourth-order valence-electron chi connectivity index (χ4n) is 1.44. The number of halogens is 1. The molecule has 19 heavy (non-hydrogen) atoms. The van der Waals surface area contributed by atoms with Crippen molar-refractivity contribution in [3.05, 3.63) is 22.7 Å². The van der Waals surface area contributed by atoms with Crippen LogP contribution < -0.4 is 5.73 Å². The molecule has 0 saturated carbocycles. The molecule has 100 valence electrons. The van der Waals surface area contributed by atoms with E-state index in [0.29, 0.717) is 5.56 Å². The number of nitriles is 2. The van der Waals surface area contributed by atoms with Crippen LogP contribution in [0.2, 0.25) is 5.02 Å². The van der Waals surface area contributed by atoms with Gasteiger partial charge in [-0.3, -0.25) is 0 Å². The predicted molar refractivity (Wildman–Crippen MR) is 70.6 cm³/mol. The molecule has 0 heterocycles. The molecule has 2 N–H and O–H groups in total. The first-order valence-corrected chi connectivity index (χ1v) is 6.96. The molecule has 6 nitrogen and oxygen atoms in total. The Morgan fingerprint density at radius 3 is 2.26 bits per heavy atom. The highest BCUT2D eigenvalue weighted by Gasteiger charge is 2.25. The molecule has 0 fully saturated rings. The minimum absolute atomic E-state index is 0.0857. The molecule has 0 atom stereocenters. The largest absolute Gasteiger partial charge is 0.397 e. The third-order valence-electron chi connectivity index (χ3n) is 2.39. The van der Waals surface area contributed by atoms with Gasteiger partial charge in [-0.15, -0.1) is 0 Å². The molecular formula is C11H11ClN4O2S. The van der Waals surface area contributed by atoms with E-state index >= 15 is 0 Å². The number of anilines is 1. The molecule has 1 aromatic carbocycles. The standard InChI is InChI=1S/C11H11ClN4O2S/c1-8-6-9(7-10(15)11(8)12)19(17,18)16(4-2-13)5-3-14/h6-7H,4-5,15H2,1H3. The number of sulfonamides is 1. The molecule has 1 aromatic rings. The van der Waals surface area contributed by atoms with Crippen molar-refractivity contribution in [1.29, 1.82) is 10.5 Å². The van der Waals surface area contributed by atoms with Crippen LogP contribution in [-0.2, 0) is 10.0 Å². The Bertz CT molecular complexity index is 634. The molecular weight excluding hydrogens is 288 g/mol. The van der Waals surface area contributed by atoms with Crippen molar-refractivity contribution in [3.63, 3.8) is 0 Å². The smallest absolute Gasteiger partial charge is 0.245 e. The lowest BCUT2D eigenvalue weighted by molar-refractivity contribution is 0.479. The van der Waals surface area contributed by atoms with Gasteiger partial charge in [0.25, 0.3) is 0 Å². The van der Waals surface area contributed by atoms with E-state index in [2.05, 4.69) is 0 Å². The van der Waals surface area contributed by atoms with E-state index in [-0.39, 0.29) is 15.6 Å². The van der Waals surface area contributed by atoms with Crippen LogP contribution in [0.25, 0.3) is 0 Å². The summed E-state index contributed by atoms with van der Waals surface area (Å²) in [6.45, 7) is 0.811. The third kappa shape index (κ3) is 3.15. The first-order chi connectivity index (χ1) is 8.84. The maximum atomic E-state index is 12.3. The molecule has 8 heteroatoms. The van der Waals surface area contributed by atoms with Gasteiger partial charge in [-0.1, -0.05) is 11.6 Å². The molecule has 0 aliphatic rings. The lowest BCUT2D eigenvalue weighted by atomic mass is 10.2. The van der Waals surface area contributed by atoms with Crippen molar-refractivity contribution in [1.82, 2.24) is 4.31 Å². The lowest BCUT2D eigenvalue weighted by Gasteiger charge is -2.17. The summed E-state index contributed by atoms with van der Waals surface area (Å²) in [7, 11) is -3.94. The molecule has 0 saturated heterocycles. The van der Waals surface area contributed by atoms with Gasteiger partial charge in [0, 0.05) is 0 Å². The number of rotatable bonds is 4. The average molecular weight is 299 g/mol. The summed E-state index contributed by atoms with van der Waals surface area (Å²) in [5, 5.41) is 17.5. The highest BCUT2D eigenvalue weighted by Crippen LogP contribution is 2.28. The van der Waals surface area contributed by atoms with E-state index in [9.17, 15) is 8.42 Å². The number of hydrogen-bond donors (Lipinski definition) is 1. The van der Waals surface area contributed by atoms with Crippen LogP contribution in [0.4, 0.5) is 5.69 Å². The Labute approximate surface area is 116 Å². The van der Waals surface area contributed by atoms with Crippen molar-refractivity contribution in [2.45, 2.75) is 11.8 Å². The summed E-state index contributed by atoms with van der Waals surface area (Å²) in [5.41, 5.74) is 6.26. The van der Waals surface area contributed by atoms with Crippen LogP contribution in [0.1, 0.15) is 5.56 Å². The molecule has 0 spiro atoms. The predicted octanol–water partition coefficient (Wildman–Crippen LogP) is 1.27. The number of hydrogen-bond acceptors (Lipinski definition) is 5. The van der Waals surface area contributed by atoms with Crippen molar-refractivity contribution in [3.8, 4) is 12.1 Å². The van der Waals surface area contributed by atoms with Gasteiger partial charge in [0.2, 0.25) is 10.0 Å². The maximum Gasteiger partial charge on any atom is 0.245 e. The van der Waals surface area contributed by atoms with Crippen LogP contribution >= 0.6 is 11.6 Å². The average Bonchev–Trinajstić information content (AvgIpc) is 2.35. The number of nitrogens with zero attached hydrogens (tertiary/aromatic N) is 3. The van der Waals surface area contributed by atoms with E-state index in [4.69, 9.17) is 27.9 Å². The van der Waals surface area contributed by atoms with E-state index in [1.165, 1.54) is 12.1 Å². The quantitative estimate of drug-likeness (QED) is 0.664. The van der Waals surface area contributed by atoms with Gasteiger partial charge in [-0.25, -0.2) is 8.42 Å². The zero-order valence-corrected chi connectivity index (χ0v) is 11.7. The zero-order chi connectivity index (χ0) is 14.6. The summed E-state index contributed by atoms with van der Waals surface area (Å²) < 4.78 is 25.3. The summed E-state index contributed by atoms with van der Waals surface area (Å²) in [6, 6.07) is 5.99. The van der Waals surface area contributed by atoms with Crippen molar-refractivity contribution < 1.29 is 8.42 Å². The van der Waals surface area contributed by atoms with Crippen molar-refractivity contribution in [2.75, 3.05) is 18.8 Å². The van der Waals surface area contributed by atoms with Crippen LogP contribution in [0.3, 0.4) is 0 Å². The normalized spacial score (nSPS) is 11.0. The van der Waals surface area contributed by atoms with Gasteiger partial charge in [0.1, 0.15) is 13.1 Å². The highest BCUT2D eigenvalue weighted by molar-refractivity contribution is 7.89. The fraction of sp³-hybridized carbons (Fsp3) is 0.273. The monoisotopic (exact) mass is 298 g/mol. The van der Waals surface area contributed by atoms with E-state index in [0.717, 1.165) is 4.31 Å². The Kier molecular flexibility index (Phi) is 4.73. The highest BCUT2D eigenvalue weighted by atomic mass is 35.5. The summed E-state index contributed by atoms with van der Waals surface area (Å²) in [4.78, 5) is -0.0857. The maximum absolute atomic E-state index is 12.3. The van der Waals surface area contributed by atoms with E-state index in [1.54, 1.807) is 19.1 Å². The van der Waals surface area contributed by atoms with E-state index in [1.807, 2.05) is 0 Å². The molecule has 0 aromatic heterocycles.